The zero-order valence-electron chi connectivity index (χ0n) is 16.3. The largest absolute Gasteiger partial charge is 0.337 e. The van der Waals surface area contributed by atoms with Crippen LogP contribution >= 0.6 is 0 Å². The maximum atomic E-state index is 12.5. The molecule has 1 aliphatic carbocycles. The van der Waals surface area contributed by atoms with Crippen LogP contribution in [0.25, 0.3) is 0 Å². The number of sulfonamides is 1. The van der Waals surface area contributed by atoms with Gasteiger partial charge in [-0.3, -0.25) is 0 Å². The van der Waals surface area contributed by atoms with E-state index >= 15 is 0 Å². The van der Waals surface area contributed by atoms with Gasteiger partial charge in [0.2, 0.25) is 10.0 Å². The highest BCUT2D eigenvalue weighted by Gasteiger charge is 2.38. The molecule has 0 aromatic heterocycles. The minimum atomic E-state index is -3.56. The Hall–Kier alpha value is -2.38. The molecule has 1 fully saturated rings. The lowest BCUT2D eigenvalue weighted by molar-refractivity contribution is 0.214. The van der Waals surface area contributed by atoms with Crippen molar-refractivity contribution in [2.75, 3.05) is 20.6 Å². The zero-order chi connectivity index (χ0) is 20.2. The van der Waals surface area contributed by atoms with E-state index < -0.39 is 10.0 Å². The maximum absolute atomic E-state index is 12.5. The van der Waals surface area contributed by atoms with Crippen molar-refractivity contribution in [3.63, 3.8) is 0 Å². The highest BCUT2D eigenvalue weighted by atomic mass is 32.2. The Balaban J connectivity index is 1.62. The van der Waals surface area contributed by atoms with Crippen LogP contribution in [0.15, 0.2) is 59.5 Å². The highest BCUT2D eigenvalue weighted by Crippen LogP contribution is 2.43. The van der Waals surface area contributed by atoms with E-state index in [4.69, 9.17) is 0 Å². The molecule has 2 aromatic rings. The van der Waals surface area contributed by atoms with Crippen LogP contribution < -0.4 is 10.6 Å². The molecule has 2 N–H and O–H groups in total. The molecule has 0 radical (unpaired) electrons. The van der Waals surface area contributed by atoms with E-state index in [1.54, 1.807) is 24.3 Å². The summed E-state index contributed by atoms with van der Waals surface area (Å²) < 4.78 is 26.1. The average molecular weight is 402 g/mol. The summed E-state index contributed by atoms with van der Waals surface area (Å²) in [4.78, 5) is 12.6. The summed E-state index contributed by atoms with van der Waals surface area (Å²) in [6, 6.07) is 16.7. The molecule has 0 unspecified atom stereocenters. The van der Waals surface area contributed by atoms with Crippen molar-refractivity contribution in [1.82, 2.24) is 14.9 Å². The predicted molar refractivity (Wildman–Crippen MR) is 110 cm³/mol. The first-order chi connectivity index (χ1) is 13.3. The first-order valence-electron chi connectivity index (χ1n) is 9.43. The zero-order valence-corrected chi connectivity index (χ0v) is 17.1. The fourth-order valence-corrected chi connectivity index (χ4v) is 4.66. The quantitative estimate of drug-likeness (QED) is 0.749. The molecule has 0 saturated heterocycles. The van der Waals surface area contributed by atoms with Gasteiger partial charge in [0.1, 0.15) is 0 Å². The summed E-state index contributed by atoms with van der Waals surface area (Å²) in [7, 11) is -0.572. The molecular weight excluding hydrogens is 374 g/mol. The third-order valence-electron chi connectivity index (χ3n) is 5.45. The van der Waals surface area contributed by atoms with Gasteiger partial charge in [-0.05, 0) is 30.0 Å². The van der Waals surface area contributed by atoms with Crippen molar-refractivity contribution >= 4 is 16.1 Å². The van der Waals surface area contributed by atoms with E-state index in [0.29, 0.717) is 12.1 Å². The van der Waals surface area contributed by atoms with Crippen molar-refractivity contribution in [2.24, 2.45) is 0 Å². The predicted octanol–water partition coefficient (Wildman–Crippen LogP) is 2.86. The van der Waals surface area contributed by atoms with E-state index in [0.717, 1.165) is 19.3 Å². The summed E-state index contributed by atoms with van der Waals surface area (Å²) in [5.41, 5.74) is 1.82. The number of rotatable bonds is 7. The molecule has 0 bridgehead atoms. The normalized spacial score (nSPS) is 15.7. The number of hydrogen-bond acceptors (Lipinski definition) is 3. The second-order valence-electron chi connectivity index (χ2n) is 7.43. The standard InChI is InChI=1S/C21H27N3O3S/c1-24(2)28(26,27)19-12-7-6-9-17(19)15-22-20(25)23-16-21(13-8-14-21)18-10-4-3-5-11-18/h3-7,9-12H,8,13-16H2,1-2H3,(H2,22,23,25). The minimum absolute atomic E-state index is 0.00473. The molecule has 6 nitrogen and oxygen atoms in total. The van der Waals surface area contributed by atoms with Crippen molar-refractivity contribution in [2.45, 2.75) is 36.1 Å². The average Bonchev–Trinajstić information content (AvgIpc) is 2.66. The van der Waals surface area contributed by atoms with Crippen molar-refractivity contribution in [1.29, 1.82) is 0 Å². The number of urea groups is 1. The van der Waals surface area contributed by atoms with Gasteiger partial charge in [-0.2, -0.15) is 0 Å². The first kappa shape index (κ1) is 20.4. The van der Waals surface area contributed by atoms with Crippen LogP contribution in [0.4, 0.5) is 4.79 Å². The van der Waals surface area contributed by atoms with Gasteiger partial charge in [-0.15, -0.1) is 0 Å². The Morgan fingerprint density at radius 3 is 2.25 bits per heavy atom. The van der Waals surface area contributed by atoms with Gasteiger partial charge in [0.15, 0.2) is 0 Å². The van der Waals surface area contributed by atoms with E-state index in [-0.39, 0.29) is 22.9 Å². The van der Waals surface area contributed by atoms with Gasteiger partial charge in [-0.1, -0.05) is 55.0 Å². The van der Waals surface area contributed by atoms with Gasteiger partial charge in [0.25, 0.3) is 0 Å². The molecule has 28 heavy (non-hydrogen) atoms. The van der Waals surface area contributed by atoms with E-state index in [2.05, 4.69) is 22.8 Å². The smallest absolute Gasteiger partial charge is 0.315 e. The number of nitrogens with zero attached hydrogens (tertiary/aromatic N) is 1. The molecule has 0 spiro atoms. The second kappa shape index (κ2) is 8.32. The maximum Gasteiger partial charge on any atom is 0.315 e. The van der Waals surface area contributed by atoms with Gasteiger partial charge < -0.3 is 10.6 Å². The van der Waals surface area contributed by atoms with Crippen LogP contribution in [0.1, 0.15) is 30.4 Å². The van der Waals surface area contributed by atoms with Crippen LogP contribution in [0.3, 0.4) is 0 Å². The van der Waals surface area contributed by atoms with Gasteiger partial charge >= 0.3 is 6.03 Å². The van der Waals surface area contributed by atoms with Crippen LogP contribution in [-0.4, -0.2) is 39.4 Å². The van der Waals surface area contributed by atoms with Crippen LogP contribution in [0.5, 0.6) is 0 Å². The summed E-state index contributed by atoms with van der Waals surface area (Å²) >= 11 is 0. The van der Waals surface area contributed by atoms with E-state index in [1.807, 2.05) is 18.2 Å². The fraction of sp³-hybridized carbons (Fsp3) is 0.381. The number of carbonyl (C=O) groups is 1. The van der Waals surface area contributed by atoms with Crippen molar-refractivity contribution in [3.8, 4) is 0 Å². The Labute approximate surface area is 167 Å². The molecule has 0 atom stereocenters. The molecule has 2 amide bonds. The SMILES string of the molecule is CN(C)S(=O)(=O)c1ccccc1CNC(=O)NCC1(c2ccccc2)CCC1. The molecule has 0 aliphatic heterocycles. The van der Waals surface area contributed by atoms with Crippen LogP contribution in [0, 0.1) is 0 Å². The second-order valence-corrected chi connectivity index (χ2v) is 9.55. The molecule has 1 saturated carbocycles. The number of amides is 2. The Bertz CT molecular complexity index is 923. The Kier molecular flexibility index (Phi) is 6.05. The molecule has 7 heteroatoms. The lowest BCUT2D eigenvalue weighted by Gasteiger charge is -2.42. The lowest BCUT2D eigenvalue weighted by Crippen LogP contribution is -2.48. The van der Waals surface area contributed by atoms with Crippen molar-refractivity contribution in [3.05, 3.63) is 65.7 Å². The summed E-state index contributed by atoms with van der Waals surface area (Å²) in [5, 5.41) is 5.75. The van der Waals surface area contributed by atoms with Gasteiger partial charge in [0, 0.05) is 32.6 Å². The molecule has 2 aromatic carbocycles. The molecule has 150 valence electrons. The Morgan fingerprint density at radius 1 is 1.00 bits per heavy atom. The van der Waals surface area contributed by atoms with Crippen molar-refractivity contribution < 1.29 is 13.2 Å². The molecule has 1 aliphatic rings. The molecular formula is C21H27N3O3S. The third-order valence-corrected chi connectivity index (χ3v) is 7.37. The number of carbonyl (C=O) groups excluding carboxylic acids is 1. The minimum Gasteiger partial charge on any atom is -0.337 e. The van der Waals surface area contributed by atoms with Crippen LogP contribution in [-0.2, 0) is 22.0 Å². The monoisotopic (exact) mass is 401 g/mol. The van der Waals surface area contributed by atoms with Crippen LogP contribution in [0.2, 0.25) is 0 Å². The lowest BCUT2D eigenvalue weighted by atomic mass is 9.64. The highest BCUT2D eigenvalue weighted by molar-refractivity contribution is 7.89. The Morgan fingerprint density at radius 2 is 1.64 bits per heavy atom. The topological polar surface area (TPSA) is 78.5 Å². The third kappa shape index (κ3) is 4.20. The molecule has 0 heterocycles. The fourth-order valence-electron chi connectivity index (χ4n) is 3.55. The summed E-state index contributed by atoms with van der Waals surface area (Å²) in [6.45, 7) is 0.716. The number of hydrogen-bond donors (Lipinski definition) is 2. The summed E-state index contributed by atoms with van der Waals surface area (Å²) in [6.07, 6.45) is 3.27. The molecule has 3 rings (SSSR count). The van der Waals surface area contributed by atoms with Gasteiger partial charge in [-0.25, -0.2) is 17.5 Å². The van der Waals surface area contributed by atoms with E-state index in [9.17, 15) is 13.2 Å². The first-order valence-corrected chi connectivity index (χ1v) is 10.9. The van der Waals surface area contributed by atoms with E-state index in [1.165, 1.54) is 24.0 Å². The summed E-state index contributed by atoms with van der Waals surface area (Å²) in [5.74, 6) is 0. The van der Waals surface area contributed by atoms with Gasteiger partial charge in [0.05, 0.1) is 4.90 Å². The number of nitrogens with one attached hydrogen (secondary N) is 2. The number of benzene rings is 2.